The number of carbonyl (C=O) groups is 5. The number of rotatable bonds is 51. The first-order valence-electron chi connectivity index (χ1n) is 29.7. The van der Waals surface area contributed by atoms with Gasteiger partial charge in [0.1, 0.15) is 11.5 Å². The fraction of sp³-hybridized carbons (Fsp3) is 0.343. The first kappa shape index (κ1) is 74.3. The van der Waals surface area contributed by atoms with Crippen LogP contribution in [0.5, 0.6) is 46.0 Å². The van der Waals surface area contributed by atoms with Gasteiger partial charge in [0.2, 0.25) is 11.5 Å². The number of benzene rings is 4. The van der Waals surface area contributed by atoms with Crippen molar-refractivity contribution in [1.29, 1.82) is 0 Å². The van der Waals surface area contributed by atoms with E-state index >= 15 is 0 Å². The van der Waals surface area contributed by atoms with Gasteiger partial charge in [-0.3, -0.25) is 0 Å². The Morgan fingerprint density at radius 2 is 0.652 bits per heavy atom. The Bertz CT molecular complexity index is 3200. The standard InChI is InChI=1S/C70H80O22/c1-7-37-85-88-49-22-19-41-77-61-34-28-54(67(81-45-17-15-43-79-63(72)11-5)70(61)84-48-21-24-51-90-87-39-9-3)29-35-65(74)91-58-31-25-57-53-59(32-26-56(57)52-58)92-66(75)36-30-55-27-33-60(76-40-13-14-42-78-62(71)10-4)69(83-47-18-16-44-80-64(73)12-6)68(55)82-46-20-23-50-89-86-38-8-2/h10-12,25-39,52-53H,1-6,13-24,40-51H2/b35-29+,36-30+. The number of ether oxygens (including phenoxy) is 11. The highest BCUT2D eigenvalue weighted by molar-refractivity contribution is 5.93. The van der Waals surface area contributed by atoms with Crippen LogP contribution in [-0.4, -0.2) is 109 Å². The number of hydrogen-bond donors (Lipinski definition) is 0. The van der Waals surface area contributed by atoms with E-state index in [9.17, 15) is 24.0 Å². The van der Waals surface area contributed by atoms with Crippen molar-refractivity contribution in [3.63, 3.8) is 0 Å². The first-order valence-corrected chi connectivity index (χ1v) is 29.7. The topological polar surface area (TPSA) is 242 Å². The maximum Gasteiger partial charge on any atom is 0.336 e. The zero-order chi connectivity index (χ0) is 66.1. The van der Waals surface area contributed by atoms with Crippen LogP contribution in [0.1, 0.15) is 88.2 Å². The zero-order valence-electron chi connectivity index (χ0n) is 51.7. The summed E-state index contributed by atoms with van der Waals surface area (Å²) in [5.41, 5.74) is 8.33. The maximum atomic E-state index is 13.5. The lowest BCUT2D eigenvalue weighted by atomic mass is 10.1. The predicted molar refractivity (Wildman–Crippen MR) is 340 cm³/mol. The lowest BCUT2D eigenvalue weighted by Gasteiger charge is -2.19. The number of unbranched alkanes of at least 4 members (excludes halogenated alkanes) is 6. The van der Waals surface area contributed by atoms with Crippen molar-refractivity contribution < 1.29 is 105 Å². The highest BCUT2D eigenvalue weighted by atomic mass is 17.2. The molecule has 0 bridgehead atoms. The summed E-state index contributed by atoms with van der Waals surface area (Å²) in [6, 6.07) is 16.9. The first-order chi connectivity index (χ1) is 45.0. The summed E-state index contributed by atoms with van der Waals surface area (Å²) >= 11 is 0. The molecule has 4 aromatic carbocycles. The van der Waals surface area contributed by atoms with Crippen molar-refractivity contribution in [2.75, 3.05) is 79.3 Å². The summed E-state index contributed by atoms with van der Waals surface area (Å²) in [4.78, 5) is 91.5. The van der Waals surface area contributed by atoms with Crippen molar-refractivity contribution in [3.8, 4) is 46.0 Å². The van der Waals surface area contributed by atoms with Crippen LogP contribution >= 0.6 is 0 Å². The van der Waals surface area contributed by atoms with Crippen LogP contribution < -0.4 is 37.9 Å². The minimum absolute atomic E-state index is 0.162. The second kappa shape index (κ2) is 46.9. The van der Waals surface area contributed by atoms with Gasteiger partial charge >= 0.3 is 29.8 Å². The molecule has 4 rings (SSSR count). The van der Waals surface area contributed by atoms with Crippen LogP contribution in [0.2, 0.25) is 0 Å². The second-order valence-corrected chi connectivity index (χ2v) is 19.0. The molecule has 492 valence electrons. The second-order valence-electron chi connectivity index (χ2n) is 19.0. The van der Waals surface area contributed by atoms with E-state index in [1.807, 2.05) is 0 Å². The van der Waals surface area contributed by atoms with E-state index in [-0.39, 0.29) is 83.3 Å². The van der Waals surface area contributed by atoms with Crippen LogP contribution in [-0.2, 0) is 67.5 Å². The highest BCUT2D eigenvalue weighted by Gasteiger charge is 2.20. The molecule has 0 aliphatic heterocycles. The van der Waals surface area contributed by atoms with Gasteiger partial charge in [0.15, 0.2) is 41.8 Å². The summed E-state index contributed by atoms with van der Waals surface area (Å²) in [7, 11) is 0. The van der Waals surface area contributed by atoms with Gasteiger partial charge in [-0.1, -0.05) is 68.8 Å². The van der Waals surface area contributed by atoms with E-state index in [1.165, 1.54) is 37.0 Å². The SMILES string of the molecule is C=C=COOCCCCOc1ccc(/C=C/C(=O)Oc2ccc3cc(OC(=O)/C=C/c4ccc(OCCCCOC(=O)C=C)c(OCCCCOC(=O)C=C)c4OCCCCOOC=C=C)ccc3c2)c(OCCCCOC(=O)C=C)c1OCCCCOOC=C=C. The highest BCUT2D eigenvalue weighted by Crippen LogP contribution is 2.43. The minimum atomic E-state index is -0.701. The molecule has 0 N–H and O–H groups in total. The fourth-order valence-electron chi connectivity index (χ4n) is 7.63. The van der Waals surface area contributed by atoms with Crippen LogP contribution in [0.25, 0.3) is 22.9 Å². The molecule has 22 heteroatoms. The molecule has 0 saturated heterocycles. The van der Waals surface area contributed by atoms with Crippen molar-refractivity contribution in [3.05, 3.63) is 178 Å². The average molecular weight is 1270 g/mol. The maximum absolute atomic E-state index is 13.5. The summed E-state index contributed by atoms with van der Waals surface area (Å²) < 4.78 is 64.6. The quantitative estimate of drug-likeness (QED) is 0.00459. The third-order valence-corrected chi connectivity index (χ3v) is 12.0. The van der Waals surface area contributed by atoms with Gasteiger partial charge in [-0.25, -0.2) is 24.0 Å². The molecule has 0 unspecified atom stereocenters. The summed E-state index contributed by atoms with van der Waals surface area (Å²) in [5.74, 6) is -0.558. The molecule has 0 aliphatic carbocycles. The van der Waals surface area contributed by atoms with Crippen LogP contribution in [0.15, 0.2) is 166 Å². The molecule has 0 aliphatic rings. The number of esters is 5. The van der Waals surface area contributed by atoms with E-state index in [1.54, 1.807) is 66.7 Å². The molecule has 0 aromatic heterocycles. The average Bonchev–Trinajstić information content (AvgIpc) is 0.872. The van der Waals surface area contributed by atoms with E-state index in [4.69, 9.17) is 81.4 Å². The van der Waals surface area contributed by atoms with Gasteiger partial charge in [0.05, 0.1) is 79.3 Å². The van der Waals surface area contributed by atoms with E-state index < -0.39 is 29.8 Å². The molecular formula is C70H80O22. The Hall–Kier alpha value is -10.2. The zero-order valence-corrected chi connectivity index (χ0v) is 51.7. The normalized spacial score (nSPS) is 10.5. The third kappa shape index (κ3) is 30.8. The van der Waals surface area contributed by atoms with Crippen molar-refractivity contribution >= 4 is 52.8 Å². The largest absolute Gasteiger partial charge is 0.490 e. The molecule has 4 aromatic rings. The lowest BCUT2D eigenvalue weighted by Crippen LogP contribution is -2.09. The third-order valence-electron chi connectivity index (χ3n) is 12.0. The smallest absolute Gasteiger partial charge is 0.336 e. The minimum Gasteiger partial charge on any atom is -0.490 e. The van der Waals surface area contributed by atoms with Crippen LogP contribution in [0.4, 0.5) is 0 Å². The Labute approximate surface area is 536 Å². The van der Waals surface area contributed by atoms with Crippen LogP contribution in [0, 0.1) is 0 Å². The number of carbonyl (C=O) groups excluding carboxylic acids is 5. The number of hydrogen-bond acceptors (Lipinski definition) is 22. The molecule has 0 fully saturated rings. The Balaban J connectivity index is 1.53. The molecule has 92 heavy (non-hydrogen) atoms. The van der Waals surface area contributed by atoms with Gasteiger partial charge in [-0.15, -0.1) is 0 Å². The van der Waals surface area contributed by atoms with E-state index in [0.717, 1.165) is 18.2 Å². The molecule has 0 heterocycles. The molecule has 0 spiro atoms. The molecule has 22 nitrogen and oxygen atoms in total. The lowest BCUT2D eigenvalue weighted by molar-refractivity contribution is -0.249. The van der Waals surface area contributed by atoms with Gasteiger partial charge < -0.3 is 66.8 Å². The fourth-order valence-corrected chi connectivity index (χ4v) is 7.63. The Morgan fingerprint density at radius 1 is 0.348 bits per heavy atom. The van der Waals surface area contributed by atoms with Crippen LogP contribution in [0.3, 0.4) is 0 Å². The Morgan fingerprint density at radius 3 is 0.978 bits per heavy atom. The van der Waals surface area contributed by atoms with Crippen molar-refractivity contribution in [2.24, 2.45) is 0 Å². The number of fused-ring (bicyclic) bond motifs is 1. The molecule has 0 radical (unpaired) electrons. The molecular weight excluding hydrogens is 1190 g/mol. The molecule has 0 saturated carbocycles. The molecule has 0 atom stereocenters. The van der Waals surface area contributed by atoms with Gasteiger partial charge in [0.25, 0.3) is 0 Å². The predicted octanol–water partition coefficient (Wildman–Crippen LogP) is 13.0. The van der Waals surface area contributed by atoms with Gasteiger partial charge in [-0.05, 0) is 149 Å². The van der Waals surface area contributed by atoms with Gasteiger partial charge in [-0.2, -0.15) is 14.7 Å². The van der Waals surface area contributed by atoms with Gasteiger partial charge in [0, 0.05) is 41.5 Å². The van der Waals surface area contributed by atoms with Crippen molar-refractivity contribution in [2.45, 2.75) is 77.0 Å². The summed E-state index contributed by atoms with van der Waals surface area (Å²) in [5, 5.41) is 1.36. The molecule has 0 amide bonds. The monoisotopic (exact) mass is 1270 g/mol. The van der Waals surface area contributed by atoms with E-state index in [2.05, 4.69) is 56.7 Å². The van der Waals surface area contributed by atoms with E-state index in [0.29, 0.717) is 141 Å². The van der Waals surface area contributed by atoms with Crippen molar-refractivity contribution in [1.82, 2.24) is 0 Å². The summed E-state index contributed by atoms with van der Waals surface area (Å²) in [6.07, 6.45) is 19.0. The summed E-state index contributed by atoms with van der Waals surface area (Å²) in [6.45, 7) is 23.3. The Kier molecular flexibility index (Phi) is 37.9.